The van der Waals surface area contributed by atoms with E-state index in [0.29, 0.717) is 28.2 Å². The zero-order chi connectivity index (χ0) is 50.8. The van der Waals surface area contributed by atoms with Crippen LogP contribution in [0.3, 0.4) is 0 Å². The highest BCUT2D eigenvalue weighted by molar-refractivity contribution is 6.00. The van der Waals surface area contributed by atoms with E-state index in [-0.39, 0.29) is 85.7 Å². The number of alkyl halides is 2. The first-order chi connectivity index (χ1) is 32.7. The van der Waals surface area contributed by atoms with Crippen molar-refractivity contribution in [2.24, 2.45) is 17.2 Å². The number of benzene rings is 3. The summed E-state index contributed by atoms with van der Waals surface area (Å²) in [4.78, 5) is 79.7. The van der Waals surface area contributed by atoms with Gasteiger partial charge in [0.1, 0.15) is 55.4 Å². The predicted molar refractivity (Wildman–Crippen MR) is 253 cm³/mol. The van der Waals surface area contributed by atoms with Gasteiger partial charge in [-0.2, -0.15) is 14.0 Å². The van der Waals surface area contributed by atoms with Crippen molar-refractivity contribution in [3.63, 3.8) is 0 Å². The molecule has 0 aliphatic carbocycles. The van der Waals surface area contributed by atoms with Gasteiger partial charge in [-0.15, -0.1) is 0 Å². The fourth-order valence-electron chi connectivity index (χ4n) is 7.85. The van der Waals surface area contributed by atoms with Gasteiger partial charge in [-0.05, 0) is 80.1 Å². The molecular weight excluding hydrogens is 893 g/mol. The standard InChI is InChI=1S/C49H61F2N11O7/c1-27-40(28(2)59-47(58-27)49(50,51)33-12-10-32(11-13-33)48(4,5)6)44(65)60-36(16-17-52)46(67)62(7)41-31-9-15-39(69-23-20-55)35(26-31)34-24-30(8-14-38(34)68-22-19-54)25-37(43(64)56-21-18-53)61-42(63)29(3)57-45(41)66/h8-15,24,26,29,36-37,41H,16-17,19-23,25,52,54-55H2,1-7H3,(H,56,64)(H,57,66)(H,60,65)(H,61,63)/t29-,36-,37-,41-/m0/s1. The van der Waals surface area contributed by atoms with Crippen LogP contribution in [0, 0.1) is 25.2 Å². The molecule has 0 unspecified atom stereocenters. The van der Waals surface area contributed by atoms with Gasteiger partial charge < -0.3 is 52.8 Å². The Morgan fingerprint density at radius 2 is 1.45 bits per heavy atom. The Balaban J connectivity index is 1.56. The van der Waals surface area contributed by atoms with E-state index < -0.39 is 65.5 Å². The summed E-state index contributed by atoms with van der Waals surface area (Å²) < 4.78 is 44.0. The van der Waals surface area contributed by atoms with Gasteiger partial charge in [0.15, 0.2) is 0 Å². The lowest BCUT2D eigenvalue weighted by molar-refractivity contribution is -0.141. The predicted octanol–water partition coefficient (Wildman–Crippen LogP) is 2.71. The second-order valence-corrected chi connectivity index (χ2v) is 17.7. The van der Waals surface area contributed by atoms with Crippen molar-refractivity contribution in [1.29, 1.82) is 5.26 Å². The number of nitrogens with two attached hydrogens (primary N) is 3. The molecule has 5 rings (SSSR count). The molecule has 1 aliphatic rings. The number of rotatable bonds is 16. The number of fused-ring (bicyclic) bond motifs is 5. The molecule has 368 valence electrons. The van der Waals surface area contributed by atoms with Crippen LogP contribution in [-0.4, -0.2) is 109 Å². The van der Waals surface area contributed by atoms with Crippen LogP contribution >= 0.6 is 0 Å². The van der Waals surface area contributed by atoms with Crippen molar-refractivity contribution < 1.29 is 42.2 Å². The molecule has 0 spiro atoms. The second kappa shape index (κ2) is 22.8. The first kappa shape index (κ1) is 52.9. The maximum absolute atomic E-state index is 15.9. The minimum atomic E-state index is -3.61. The Hall–Kier alpha value is -7.08. The summed E-state index contributed by atoms with van der Waals surface area (Å²) in [6.45, 7) is 10.2. The van der Waals surface area contributed by atoms with Crippen molar-refractivity contribution in [3.8, 4) is 28.7 Å². The fraction of sp³-hybridized carbons (Fsp3) is 0.429. The summed E-state index contributed by atoms with van der Waals surface area (Å²) in [5.74, 6) is -7.60. The highest BCUT2D eigenvalue weighted by Crippen LogP contribution is 2.41. The molecule has 2 heterocycles. The number of carbonyl (C=O) groups excluding carboxylic acids is 5. The third-order valence-electron chi connectivity index (χ3n) is 11.5. The average molecular weight is 954 g/mol. The second-order valence-electron chi connectivity index (χ2n) is 17.7. The number of nitriles is 1. The van der Waals surface area contributed by atoms with Crippen LogP contribution in [-0.2, 0) is 36.9 Å². The first-order valence-corrected chi connectivity index (χ1v) is 22.5. The number of nitrogens with zero attached hydrogens (tertiary/aromatic N) is 4. The summed E-state index contributed by atoms with van der Waals surface area (Å²) in [5, 5.41) is 19.7. The zero-order valence-electron chi connectivity index (χ0n) is 39.9. The third kappa shape index (κ3) is 12.5. The lowest BCUT2D eigenvalue weighted by Crippen LogP contribution is -2.56. The lowest BCUT2D eigenvalue weighted by atomic mass is 9.86. The number of carbonyl (C=O) groups is 5. The molecule has 20 heteroatoms. The number of amides is 5. The van der Waals surface area contributed by atoms with Crippen LogP contribution in [0.5, 0.6) is 11.5 Å². The topological polar surface area (TPSA) is 283 Å². The normalized spacial score (nSPS) is 16.7. The van der Waals surface area contributed by atoms with Gasteiger partial charge in [0, 0.05) is 43.2 Å². The molecule has 4 atom stereocenters. The molecule has 0 radical (unpaired) electrons. The van der Waals surface area contributed by atoms with Gasteiger partial charge in [0.05, 0.1) is 23.0 Å². The maximum atomic E-state index is 15.9. The van der Waals surface area contributed by atoms with E-state index in [0.717, 1.165) is 10.5 Å². The Morgan fingerprint density at radius 1 is 0.870 bits per heavy atom. The van der Waals surface area contributed by atoms with E-state index in [1.807, 2.05) is 26.8 Å². The van der Waals surface area contributed by atoms with E-state index >= 15 is 8.78 Å². The fourth-order valence-corrected chi connectivity index (χ4v) is 7.85. The molecule has 4 bridgehead atoms. The quantitative estimate of drug-likeness (QED) is 0.0797. The average Bonchev–Trinajstić information content (AvgIpc) is 3.30. The minimum absolute atomic E-state index is 0.0331. The van der Waals surface area contributed by atoms with Crippen LogP contribution in [0.25, 0.3) is 11.1 Å². The summed E-state index contributed by atoms with van der Waals surface area (Å²) in [7, 11) is 1.34. The van der Waals surface area contributed by atoms with E-state index in [1.54, 1.807) is 48.5 Å². The van der Waals surface area contributed by atoms with Crippen molar-refractivity contribution >= 4 is 29.5 Å². The molecule has 0 fully saturated rings. The molecule has 1 aromatic heterocycles. The van der Waals surface area contributed by atoms with Gasteiger partial charge in [-0.25, -0.2) is 9.97 Å². The molecule has 10 N–H and O–H groups in total. The minimum Gasteiger partial charge on any atom is -0.492 e. The van der Waals surface area contributed by atoms with Crippen LogP contribution in [0.15, 0.2) is 60.7 Å². The monoisotopic (exact) mass is 953 g/mol. The number of aryl methyl sites for hydroxylation is 2. The number of aromatic nitrogens is 2. The summed E-state index contributed by atoms with van der Waals surface area (Å²) >= 11 is 0. The Morgan fingerprint density at radius 3 is 2.01 bits per heavy atom. The first-order valence-electron chi connectivity index (χ1n) is 22.5. The number of halogens is 2. The largest absolute Gasteiger partial charge is 0.492 e. The summed E-state index contributed by atoms with van der Waals surface area (Å²) in [6.07, 6.45) is -0.155. The molecular formula is C49H61F2N11O7. The SMILES string of the molecule is Cc1nc(C(F)(F)c2ccc(C(C)(C)C)cc2)nc(C)c1C(=O)N[C@@H](CCN)C(=O)N(C)[C@@H]1C(=O)N[C@@H](C)C(=O)N[C@H](C(=O)NCC#N)Cc2ccc(OCCN)c(c2)-c2cc1ccc2OCCN. The Kier molecular flexibility index (Phi) is 17.5. The van der Waals surface area contributed by atoms with Gasteiger partial charge in [0.2, 0.25) is 29.5 Å². The zero-order valence-corrected chi connectivity index (χ0v) is 39.9. The smallest absolute Gasteiger partial charge is 0.331 e. The van der Waals surface area contributed by atoms with E-state index in [2.05, 4.69) is 31.2 Å². The number of hydrogen-bond acceptors (Lipinski definition) is 13. The van der Waals surface area contributed by atoms with E-state index in [4.69, 9.17) is 31.9 Å². The lowest BCUT2D eigenvalue weighted by Gasteiger charge is -2.32. The molecule has 4 aromatic rings. The highest BCUT2D eigenvalue weighted by atomic mass is 19.3. The van der Waals surface area contributed by atoms with Gasteiger partial charge >= 0.3 is 5.92 Å². The van der Waals surface area contributed by atoms with Gasteiger partial charge in [-0.3, -0.25) is 24.0 Å². The molecule has 1 aliphatic heterocycles. The molecule has 3 aromatic carbocycles. The van der Waals surface area contributed by atoms with Crippen molar-refractivity contribution in [1.82, 2.24) is 36.1 Å². The number of nitrogens with one attached hydrogen (secondary N) is 4. The van der Waals surface area contributed by atoms with Crippen LogP contribution < -0.4 is 47.9 Å². The van der Waals surface area contributed by atoms with Gasteiger partial charge in [0.25, 0.3) is 5.91 Å². The number of hydrogen-bond donors (Lipinski definition) is 7. The third-order valence-corrected chi connectivity index (χ3v) is 11.5. The number of ether oxygens (including phenoxy) is 2. The van der Waals surface area contributed by atoms with Gasteiger partial charge in [-0.1, -0.05) is 57.2 Å². The highest BCUT2D eigenvalue weighted by Gasteiger charge is 2.40. The van der Waals surface area contributed by atoms with E-state index in [9.17, 15) is 24.0 Å². The Labute approximate surface area is 400 Å². The molecule has 0 saturated carbocycles. The summed E-state index contributed by atoms with van der Waals surface area (Å²) in [5.41, 5.74) is 19.3. The molecule has 0 saturated heterocycles. The Bertz CT molecular complexity index is 2560. The van der Waals surface area contributed by atoms with Crippen LogP contribution in [0.2, 0.25) is 0 Å². The number of likely N-dealkylation sites (N-methyl/N-ethyl adjacent to an activating group) is 1. The van der Waals surface area contributed by atoms with Crippen molar-refractivity contribution in [3.05, 3.63) is 106 Å². The van der Waals surface area contributed by atoms with Crippen molar-refractivity contribution in [2.45, 2.75) is 89.9 Å². The molecule has 18 nitrogen and oxygen atoms in total. The van der Waals surface area contributed by atoms with E-state index in [1.165, 1.54) is 40.0 Å². The van der Waals surface area contributed by atoms with Crippen LogP contribution in [0.1, 0.15) is 90.0 Å². The molecule has 69 heavy (non-hydrogen) atoms. The molecule has 5 amide bonds. The maximum Gasteiger partial charge on any atom is 0.331 e. The van der Waals surface area contributed by atoms with Crippen LogP contribution in [0.4, 0.5) is 8.78 Å². The summed E-state index contributed by atoms with van der Waals surface area (Å²) in [6, 6.07) is 12.3. The van der Waals surface area contributed by atoms with Crippen molar-refractivity contribution in [2.75, 3.05) is 46.4 Å².